The first-order chi connectivity index (χ1) is 7.25. The lowest BCUT2D eigenvalue weighted by Crippen LogP contribution is -2.09. The van der Waals surface area contributed by atoms with Crippen LogP contribution in [0.15, 0.2) is 18.2 Å². The number of aryl methyl sites for hydroxylation is 2. The number of nitrogens with two attached hydrogens (primary N) is 1. The van der Waals surface area contributed by atoms with Crippen LogP contribution >= 0.6 is 0 Å². The number of nitrogen functional groups attached to an aromatic ring is 1. The first kappa shape index (κ1) is 10.5. The maximum Gasteiger partial charge on any atom is 0.0346 e. The molecule has 2 heteroatoms. The summed E-state index contributed by atoms with van der Waals surface area (Å²) in [7, 11) is 0. The van der Waals surface area contributed by atoms with Crippen molar-refractivity contribution < 1.29 is 0 Å². The van der Waals surface area contributed by atoms with E-state index in [-0.39, 0.29) is 0 Å². The van der Waals surface area contributed by atoms with E-state index in [4.69, 9.17) is 5.73 Å². The van der Waals surface area contributed by atoms with Gasteiger partial charge in [-0.2, -0.15) is 0 Å². The van der Waals surface area contributed by atoms with E-state index >= 15 is 0 Å². The molecule has 15 heavy (non-hydrogen) atoms. The summed E-state index contributed by atoms with van der Waals surface area (Å²) >= 11 is 0. The van der Waals surface area contributed by atoms with Gasteiger partial charge in [-0.15, -0.1) is 0 Å². The molecule has 1 aliphatic heterocycles. The van der Waals surface area contributed by atoms with E-state index in [1.165, 1.54) is 37.1 Å². The topological polar surface area (TPSA) is 38.0 Å². The standard InChI is InChI=1S/C13H20N2/c1-10-2-5-13(14)12(8-10)4-3-11-6-7-15-9-11/h2,5,8,11,15H,3-4,6-7,9,14H2,1H3. The second-order valence-electron chi connectivity index (χ2n) is 4.60. The van der Waals surface area contributed by atoms with Crippen molar-refractivity contribution in [3.63, 3.8) is 0 Å². The fourth-order valence-electron chi connectivity index (χ4n) is 2.27. The summed E-state index contributed by atoms with van der Waals surface area (Å²) in [6.45, 7) is 4.50. The summed E-state index contributed by atoms with van der Waals surface area (Å²) in [4.78, 5) is 0. The van der Waals surface area contributed by atoms with Gasteiger partial charge in [0.2, 0.25) is 0 Å². The molecule has 0 bridgehead atoms. The molecular formula is C13H20N2. The van der Waals surface area contributed by atoms with Crippen molar-refractivity contribution in [3.05, 3.63) is 29.3 Å². The second kappa shape index (κ2) is 4.67. The zero-order valence-electron chi connectivity index (χ0n) is 9.42. The van der Waals surface area contributed by atoms with Crippen LogP contribution in [0.1, 0.15) is 24.0 Å². The third-order valence-electron chi connectivity index (χ3n) is 3.28. The Morgan fingerprint density at radius 1 is 1.47 bits per heavy atom. The summed E-state index contributed by atoms with van der Waals surface area (Å²) < 4.78 is 0. The Balaban J connectivity index is 1.94. The summed E-state index contributed by atoms with van der Waals surface area (Å²) in [5.41, 5.74) is 9.54. The van der Waals surface area contributed by atoms with Gasteiger partial charge in [-0.05, 0) is 56.8 Å². The molecule has 2 nitrogen and oxygen atoms in total. The van der Waals surface area contributed by atoms with Gasteiger partial charge in [0, 0.05) is 5.69 Å². The van der Waals surface area contributed by atoms with Crippen LogP contribution in [0.4, 0.5) is 5.69 Å². The lowest BCUT2D eigenvalue weighted by molar-refractivity contribution is 0.533. The monoisotopic (exact) mass is 204 g/mol. The van der Waals surface area contributed by atoms with Gasteiger partial charge in [-0.1, -0.05) is 17.7 Å². The molecule has 2 rings (SSSR count). The maximum absolute atomic E-state index is 5.96. The van der Waals surface area contributed by atoms with Crippen LogP contribution in [0.25, 0.3) is 0 Å². The Morgan fingerprint density at radius 2 is 2.33 bits per heavy atom. The first-order valence-electron chi connectivity index (χ1n) is 5.81. The zero-order valence-corrected chi connectivity index (χ0v) is 9.42. The van der Waals surface area contributed by atoms with Crippen molar-refractivity contribution in [1.29, 1.82) is 0 Å². The van der Waals surface area contributed by atoms with E-state index in [1.54, 1.807) is 0 Å². The second-order valence-corrected chi connectivity index (χ2v) is 4.60. The Morgan fingerprint density at radius 3 is 3.07 bits per heavy atom. The predicted molar refractivity (Wildman–Crippen MR) is 64.9 cm³/mol. The van der Waals surface area contributed by atoms with E-state index in [1.807, 2.05) is 6.07 Å². The van der Waals surface area contributed by atoms with Crippen molar-refractivity contribution in [3.8, 4) is 0 Å². The summed E-state index contributed by atoms with van der Waals surface area (Å²) in [5.74, 6) is 0.852. The van der Waals surface area contributed by atoms with Crippen molar-refractivity contribution in [1.82, 2.24) is 5.32 Å². The van der Waals surface area contributed by atoms with Gasteiger partial charge in [0.1, 0.15) is 0 Å². The lowest BCUT2D eigenvalue weighted by atomic mass is 9.97. The molecule has 1 saturated heterocycles. The molecule has 1 atom stereocenters. The minimum absolute atomic E-state index is 0.852. The van der Waals surface area contributed by atoms with Crippen molar-refractivity contribution in [2.75, 3.05) is 18.8 Å². The van der Waals surface area contributed by atoms with Gasteiger partial charge in [0.25, 0.3) is 0 Å². The number of rotatable bonds is 3. The highest BCUT2D eigenvalue weighted by molar-refractivity contribution is 5.48. The molecule has 0 aliphatic carbocycles. The molecule has 3 N–H and O–H groups in total. The zero-order chi connectivity index (χ0) is 10.7. The molecular weight excluding hydrogens is 184 g/mol. The molecule has 1 aromatic rings. The van der Waals surface area contributed by atoms with Crippen LogP contribution in [-0.4, -0.2) is 13.1 Å². The Labute approximate surface area is 91.9 Å². The molecule has 0 amide bonds. The van der Waals surface area contributed by atoms with E-state index < -0.39 is 0 Å². The molecule has 1 unspecified atom stereocenters. The van der Waals surface area contributed by atoms with Crippen LogP contribution in [0.2, 0.25) is 0 Å². The molecule has 1 fully saturated rings. The largest absolute Gasteiger partial charge is 0.399 e. The number of anilines is 1. The summed E-state index contributed by atoms with van der Waals surface area (Å²) in [6, 6.07) is 6.32. The average Bonchev–Trinajstić information content (AvgIpc) is 2.72. The van der Waals surface area contributed by atoms with Gasteiger partial charge in [0.15, 0.2) is 0 Å². The van der Waals surface area contributed by atoms with Gasteiger partial charge in [-0.3, -0.25) is 0 Å². The van der Waals surface area contributed by atoms with Crippen LogP contribution in [0.5, 0.6) is 0 Å². The number of nitrogens with one attached hydrogen (secondary N) is 1. The van der Waals surface area contributed by atoms with E-state index in [0.29, 0.717) is 0 Å². The van der Waals surface area contributed by atoms with Gasteiger partial charge in [0.05, 0.1) is 0 Å². The van der Waals surface area contributed by atoms with Crippen molar-refractivity contribution in [2.45, 2.75) is 26.2 Å². The normalized spacial score (nSPS) is 20.7. The van der Waals surface area contributed by atoms with E-state index in [2.05, 4.69) is 24.4 Å². The molecule has 1 aliphatic rings. The molecule has 0 radical (unpaired) electrons. The minimum Gasteiger partial charge on any atom is -0.399 e. The Hall–Kier alpha value is -1.02. The first-order valence-corrected chi connectivity index (χ1v) is 5.81. The third-order valence-corrected chi connectivity index (χ3v) is 3.28. The molecule has 1 aromatic carbocycles. The lowest BCUT2D eigenvalue weighted by Gasteiger charge is -2.10. The number of benzene rings is 1. The van der Waals surface area contributed by atoms with Crippen molar-refractivity contribution >= 4 is 5.69 Å². The van der Waals surface area contributed by atoms with Crippen molar-refractivity contribution in [2.24, 2.45) is 5.92 Å². The van der Waals surface area contributed by atoms with Crippen LogP contribution < -0.4 is 11.1 Å². The highest BCUT2D eigenvalue weighted by Gasteiger charge is 2.14. The summed E-state index contributed by atoms with van der Waals surface area (Å²) in [6.07, 6.45) is 3.71. The molecule has 0 saturated carbocycles. The SMILES string of the molecule is Cc1ccc(N)c(CCC2CCNC2)c1. The summed E-state index contributed by atoms with van der Waals surface area (Å²) in [5, 5.41) is 3.40. The Bertz CT molecular complexity index is 327. The highest BCUT2D eigenvalue weighted by atomic mass is 14.9. The molecule has 0 spiro atoms. The van der Waals surface area contributed by atoms with Gasteiger partial charge >= 0.3 is 0 Å². The number of hydrogen-bond acceptors (Lipinski definition) is 2. The minimum atomic E-state index is 0.852. The predicted octanol–water partition coefficient (Wildman–Crippen LogP) is 2.12. The van der Waals surface area contributed by atoms with Crippen LogP contribution in [0.3, 0.4) is 0 Å². The van der Waals surface area contributed by atoms with Gasteiger partial charge < -0.3 is 11.1 Å². The van der Waals surface area contributed by atoms with E-state index in [9.17, 15) is 0 Å². The average molecular weight is 204 g/mol. The maximum atomic E-state index is 5.96. The molecule has 82 valence electrons. The fraction of sp³-hybridized carbons (Fsp3) is 0.538. The smallest absolute Gasteiger partial charge is 0.0346 e. The Kier molecular flexibility index (Phi) is 3.27. The van der Waals surface area contributed by atoms with E-state index in [0.717, 1.165) is 18.0 Å². The number of hydrogen-bond donors (Lipinski definition) is 2. The highest BCUT2D eigenvalue weighted by Crippen LogP contribution is 2.20. The van der Waals surface area contributed by atoms with Crippen LogP contribution in [-0.2, 0) is 6.42 Å². The molecule has 1 heterocycles. The van der Waals surface area contributed by atoms with Crippen LogP contribution in [0, 0.1) is 12.8 Å². The third kappa shape index (κ3) is 2.72. The fourth-order valence-corrected chi connectivity index (χ4v) is 2.27. The molecule has 0 aromatic heterocycles. The quantitative estimate of drug-likeness (QED) is 0.740. The van der Waals surface area contributed by atoms with Gasteiger partial charge in [-0.25, -0.2) is 0 Å².